The molecule has 2 fully saturated rings. The highest BCUT2D eigenvalue weighted by atomic mass is 16.5. The summed E-state index contributed by atoms with van der Waals surface area (Å²) in [5.41, 5.74) is 5.56. The predicted molar refractivity (Wildman–Crippen MR) is 63.4 cm³/mol. The van der Waals surface area contributed by atoms with Crippen LogP contribution < -0.4 is 5.73 Å². The first kappa shape index (κ1) is 12.3. The predicted octanol–water partition coefficient (Wildman–Crippen LogP) is 0.604. The smallest absolute Gasteiger partial charge is 0.0813 e. The van der Waals surface area contributed by atoms with E-state index in [0.29, 0.717) is 6.54 Å². The van der Waals surface area contributed by atoms with Crippen molar-refractivity contribution in [3.63, 3.8) is 0 Å². The molecule has 4 heteroatoms. The van der Waals surface area contributed by atoms with Gasteiger partial charge >= 0.3 is 0 Å². The maximum atomic E-state index is 5.71. The zero-order chi connectivity index (χ0) is 11.4. The molecule has 0 aromatic rings. The summed E-state index contributed by atoms with van der Waals surface area (Å²) in [6.07, 6.45) is 5.45. The van der Waals surface area contributed by atoms with Crippen LogP contribution in [0, 0.1) is 0 Å². The van der Waals surface area contributed by atoms with Crippen LogP contribution in [-0.2, 0) is 9.47 Å². The summed E-state index contributed by atoms with van der Waals surface area (Å²) >= 11 is 0. The first-order valence-electron chi connectivity index (χ1n) is 6.43. The van der Waals surface area contributed by atoms with Crippen LogP contribution in [0.1, 0.15) is 25.7 Å². The molecule has 0 aromatic heterocycles. The van der Waals surface area contributed by atoms with Crippen LogP contribution in [-0.4, -0.2) is 56.5 Å². The number of hydrogen-bond acceptors (Lipinski definition) is 4. The van der Waals surface area contributed by atoms with Gasteiger partial charge in [-0.25, -0.2) is 0 Å². The van der Waals surface area contributed by atoms with E-state index in [1.807, 2.05) is 0 Å². The maximum Gasteiger partial charge on any atom is 0.0813 e. The summed E-state index contributed by atoms with van der Waals surface area (Å²) in [5.74, 6) is 0. The van der Waals surface area contributed by atoms with E-state index in [-0.39, 0.29) is 12.2 Å². The Kier molecular flexibility index (Phi) is 4.58. The summed E-state index contributed by atoms with van der Waals surface area (Å²) in [5, 5.41) is 0. The third-order valence-corrected chi connectivity index (χ3v) is 3.52. The van der Waals surface area contributed by atoms with E-state index in [0.717, 1.165) is 38.6 Å². The highest BCUT2D eigenvalue weighted by Crippen LogP contribution is 2.24. The number of nitrogens with two attached hydrogens (primary N) is 1. The van der Waals surface area contributed by atoms with Gasteiger partial charge in [-0.05, 0) is 32.7 Å². The number of hydrogen-bond donors (Lipinski definition) is 1. The molecule has 0 aromatic carbocycles. The highest BCUT2D eigenvalue weighted by Gasteiger charge is 2.26. The number of rotatable bonds is 7. The summed E-state index contributed by atoms with van der Waals surface area (Å²) in [6.45, 7) is 3.23. The van der Waals surface area contributed by atoms with Crippen molar-refractivity contribution in [3.05, 3.63) is 0 Å². The van der Waals surface area contributed by atoms with E-state index in [1.165, 1.54) is 12.8 Å². The lowest BCUT2D eigenvalue weighted by molar-refractivity contribution is -0.0152. The Morgan fingerprint density at radius 1 is 1.25 bits per heavy atom. The molecule has 1 aliphatic heterocycles. The minimum absolute atomic E-state index is 0.266. The maximum absolute atomic E-state index is 5.71. The molecule has 2 atom stereocenters. The fraction of sp³-hybridized carbons (Fsp3) is 1.00. The normalized spacial score (nSPS) is 30.2. The molecular formula is C12H24N2O2. The van der Waals surface area contributed by atoms with Crippen molar-refractivity contribution in [1.29, 1.82) is 0 Å². The number of likely N-dealkylation sites (N-methyl/N-ethyl adjacent to an activating group) is 1. The molecule has 94 valence electrons. The minimum Gasteiger partial charge on any atom is -0.377 e. The van der Waals surface area contributed by atoms with Crippen molar-refractivity contribution in [3.8, 4) is 0 Å². The topological polar surface area (TPSA) is 47.7 Å². The molecular weight excluding hydrogens is 204 g/mol. The van der Waals surface area contributed by atoms with Crippen molar-refractivity contribution < 1.29 is 9.47 Å². The number of nitrogens with zero attached hydrogens (tertiary/aromatic N) is 1. The molecule has 0 bridgehead atoms. The lowest BCUT2D eigenvalue weighted by atomic mass is 10.2. The van der Waals surface area contributed by atoms with Crippen LogP contribution >= 0.6 is 0 Å². The fourth-order valence-electron chi connectivity index (χ4n) is 2.20. The lowest BCUT2D eigenvalue weighted by Crippen LogP contribution is -2.27. The van der Waals surface area contributed by atoms with E-state index in [9.17, 15) is 0 Å². The van der Waals surface area contributed by atoms with Crippen molar-refractivity contribution in [2.24, 2.45) is 5.73 Å². The molecule has 1 aliphatic carbocycles. The van der Waals surface area contributed by atoms with E-state index in [1.54, 1.807) is 0 Å². The van der Waals surface area contributed by atoms with Gasteiger partial charge < -0.3 is 20.1 Å². The SMILES string of the molecule is CN(CCOCC1CCC(CN)O1)C1CC1. The zero-order valence-electron chi connectivity index (χ0n) is 10.2. The Morgan fingerprint density at radius 2 is 2.00 bits per heavy atom. The van der Waals surface area contributed by atoms with Crippen LogP contribution in [0.2, 0.25) is 0 Å². The van der Waals surface area contributed by atoms with E-state index in [2.05, 4.69) is 11.9 Å². The molecule has 16 heavy (non-hydrogen) atoms. The molecule has 2 unspecified atom stereocenters. The Labute approximate surface area is 98.1 Å². The third kappa shape index (κ3) is 3.70. The lowest BCUT2D eigenvalue weighted by Gasteiger charge is -2.17. The molecule has 4 nitrogen and oxygen atoms in total. The summed E-state index contributed by atoms with van der Waals surface area (Å²) < 4.78 is 11.4. The van der Waals surface area contributed by atoms with Gasteiger partial charge in [0.2, 0.25) is 0 Å². The molecule has 1 saturated heterocycles. The summed E-state index contributed by atoms with van der Waals surface area (Å²) in [7, 11) is 2.18. The van der Waals surface area contributed by atoms with Crippen molar-refractivity contribution in [2.45, 2.75) is 43.9 Å². The zero-order valence-corrected chi connectivity index (χ0v) is 10.2. The standard InChI is InChI=1S/C12H24N2O2/c1-14(10-2-3-10)6-7-15-9-12-5-4-11(8-13)16-12/h10-12H,2-9,13H2,1H3. The van der Waals surface area contributed by atoms with Gasteiger partial charge in [-0.3, -0.25) is 0 Å². The van der Waals surface area contributed by atoms with Crippen molar-refractivity contribution in [2.75, 3.05) is 33.4 Å². The van der Waals surface area contributed by atoms with Crippen LogP contribution in [0.5, 0.6) is 0 Å². The van der Waals surface area contributed by atoms with Gasteiger partial charge in [0, 0.05) is 19.1 Å². The van der Waals surface area contributed by atoms with E-state index < -0.39 is 0 Å². The first-order chi connectivity index (χ1) is 7.79. The second kappa shape index (κ2) is 5.96. The van der Waals surface area contributed by atoms with Crippen LogP contribution in [0.15, 0.2) is 0 Å². The van der Waals surface area contributed by atoms with Crippen LogP contribution in [0.4, 0.5) is 0 Å². The molecule has 2 N–H and O–H groups in total. The van der Waals surface area contributed by atoms with Gasteiger partial charge in [0.15, 0.2) is 0 Å². The largest absolute Gasteiger partial charge is 0.377 e. The molecule has 2 aliphatic rings. The first-order valence-corrected chi connectivity index (χ1v) is 6.43. The number of ether oxygens (including phenoxy) is 2. The molecule has 0 spiro atoms. The van der Waals surface area contributed by atoms with Crippen molar-refractivity contribution in [1.82, 2.24) is 4.90 Å². The van der Waals surface area contributed by atoms with Gasteiger partial charge in [-0.1, -0.05) is 0 Å². The molecule has 0 radical (unpaired) electrons. The Morgan fingerprint density at radius 3 is 2.62 bits per heavy atom. The van der Waals surface area contributed by atoms with Gasteiger partial charge in [0.1, 0.15) is 0 Å². The Balaban J connectivity index is 1.48. The second-order valence-corrected chi connectivity index (χ2v) is 4.98. The van der Waals surface area contributed by atoms with Crippen LogP contribution in [0.3, 0.4) is 0 Å². The van der Waals surface area contributed by atoms with Crippen molar-refractivity contribution >= 4 is 0 Å². The second-order valence-electron chi connectivity index (χ2n) is 4.98. The molecule has 1 saturated carbocycles. The van der Waals surface area contributed by atoms with E-state index >= 15 is 0 Å². The van der Waals surface area contributed by atoms with Crippen LogP contribution in [0.25, 0.3) is 0 Å². The quantitative estimate of drug-likeness (QED) is 0.648. The average Bonchev–Trinajstić information content (AvgIpc) is 3.04. The fourth-order valence-corrected chi connectivity index (χ4v) is 2.20. The minimum atomic E-state index is 0.266. The van der Waals surface area contributed by atoms with E-state index in [4.69, 9.17) is 15.2 Å². The van der Waals surface area contributed by atoms with Gasteiger partial charge in [-0.2, -0.15) is 0 Å². The summed E-state index contributed by atoms with van der Waals surface area (Å²) in [6, 6.07) is 0.827. The monoisotopic (exact) mass is 228 g/mol. The Bertz CT molecular complexity index is 209. The molecule has 2 rings (SSSR count). The van der Waals surface area contributed by atoms with Gasteiger partial charge in [0.25, 0.3) is 0 Å². The summed E-state index contributed by atoms with van der Waals surface area (Å²) in [4.78, 5) is 2.39. The van der Waals surface area contributed by atoms with Gasteiger partial charge in [0.05, 0.1) is 25.4 Å². The highest BCUT2D eigenvalue weighted by molar-refractivity contribution is 4.82. The molecule has 1 heterocycles. The molecule has 0 amide bonds. The third-order valence-electron chi connectivity index (χ3n) is 3.52. The average molecular weight is 228 g/mol. The van der Waals surface area contributed by atoms with Gasteiger partial charge in [-0.15, -0.1) is 0 Å². The Hall–Kier alpha value is -0.160.